The molecule has 6 heteroatoms. The van der Waals surface area contributed by atoms with E-state index in [1.165, 1.54) is 0 Å². The summed E-state index contributed by atoms with van der Waals surface area (Å²) in [6.07, 6.45) is 0. The van der Waals surface area contributed by atoms with Gasteiger partial charge >= 0.3 is 0 Å². The first kappa shape index (κ1) is 16.8. The first-order valence-electron chi connectivity index (χ1n) is 7.50. The number of ether oxygens (including phenoxy) is 1. The molecule has 0 unspecified atom stereocenters. The third-order valence-corrected chi connectivity index (χ3v) is 5.34. The van der Waals surface area contributed by atoms with Crippen molar-refractivity contribution in [2.24, 2.45) is 0 Å². The van der Waals surface area contributed by atoms with E-state index >= 15 is 0 Å². The number of rotatable bonds is 2. The summed E-state index contributed by atoms with van der Waals surface area (Å²) in [4.78, 5) is 3.09. The van der Waals surface area contributed by atoms with E-state index in [2.05, 4.69) is 29.4 Å². The maximum Gasteiger partial charge on any atom is 0.111 e. The second-order valence-electron chi connectivity index (χ2n) is 5.62. The fraction of sp³-hybridized carbons (Fsp3) is 0.353. The van der Waals surface area contributed by atoms with Crippen LogP contribution in [0.15, 0.2) is 24.3 Å². The molecule has 0 amide bonds. The van der Waals surface area contributed by atoms with Crippen molar-refractivity contribution in [2.75, 3.05) is 26.3 Å². The summed E-state index contributed by atoms with van der Waals surface area (Å²) in [5, 5.41) is 1.11. The van der Waals surface area contributed by atoms with Crippen molar-refractivity contribution in [3.05, 3.63) is 51.3 Å². The molecule has 1 aliphatic rings. The molecule has 1 fully saturated rings. The predicted molar refractivity (Wildman–Crippen MR) is 99.4 cm³/mol. The Labute approximate surface area is 151 Å². The van der Waals surface area contributed by atoms with E-state index in [9.17, 15) is 0 Å². The highest BCUT2D eigenvalue weighted by atomic mass is 35.5. The molecule has 0 N–H and O–H groups in total. The monoisotopic (exact) mass is 368 g/mol. The Hall–Kier alpha value is -1.07. The Morgan fingerprint density at radius 2 is 1.78 bits per heavy atom. The van der Waals surface area contributed by atoms with Gasteiger partial charge in [0.2, 0.25) is 0 Å². The van der Waals surface area contributed by atoms with Crippen LogP contribution < -0.4 is 0 Å². The number of benzene rings is 1. The molecule has 2 heterocycles. The van der Waals surface area contributed by atoms with Gasteiger partial charge in [-0.05, 0) is 38.1 Å². The quantitative estimate of drug-likeness (QED) is 0.731. The maximum absolute atomic E-state index is 6.17. The van der Waals surface area contributed by atoms with Gasteiger partial charge in [-0.2, -0.15) is 0 Å². The van der Waals surface area contributed by atoms with Crippen molar-refractivity contribution in [1.82, 2.24) is 9.47 Å². The van der Waals surface area contributed by atoms with Crippen molar-refractivity contribution in [3.63, 3.8) is 0 Å². The van der Waals surface area contributed by atoms with Gasteiger partial charge in [-0.15, -0.1) is 0 Å². The molecule has 1 aliphatic heterocycles. The van der Waals surface area contributed by atoms with Gasteiger partial charge in [0, 0.05) is 35.7 Å². The Balaban J connectivity index is 1.98. The number of hydrogen-bond donors (Lipinski definition) is 0. The molecule has 0 saturated carbocycles. The Kier molecular flexibility index (Phi) is 4.97. The number of halogens is 2. The Morgan fingerprint density at radius 3 is 2.43 bits per heavy atom. The molecule has 0 spiro atoms. The number of thiocarbonyl (C=S) groups is 1. The normalized spacial score (nSPS) is 15.0. The Bertz CT molecular complexity index is 751. The molecule has 3 rings (SSSR count). The molecule has 0 radical (unpaired) electrons. The number of aryl methyl sites for hydroxylation is 1. The second kappa shape index (κ2) is 6.81. The number of morpholine rings is 1. The van der Waals surface area contributed by atoms with Crippen molar-refractivity contribution in [1.29, 1.82) is 0 Å². The van der Waals surface area contributed by atoms with Crippen molar-refractivity contribution in [2.45, 2.75) is 13.8 Å². The molecule has 23 heavy (non-hydrogen) atoms. The largest absolute Gasteiger partial charge is 0.378 e. The lowest BCUT2D eigenvalue weighted by molar-refractivity contribution is 0.0692. The van der Waals surface area contributed by atoms with E-state index in [4.69, 9.17) is 40.2 Å². The zero-order valence-electron chi connectivity index (χ0n) is 13.1. The second-order valence-corrected chi connectivity index (χ2v) is 6.82. The molecule has 1 aromatic carbocycles. The SMILES string of the molecule is Cc1cc(C(=S)N2CCOCC2)c(C)n1-c1ccc(Cl)c(Cl)c1. The van der Waals surface area contributed by atoms with Crippen LogP contribution in [0, 0.1) is 13.8 Å². The van der Waals surface area contributed by atoms with Crippen LogP contribution in [0.25, 0.3) is 5.69 Å². The highest BCUT2D eigenvalue weighted by Crippen LogP contribution is 2.28. The van der Waals surface area contributed by atoms with Crippen LogP contribution >= 0.6 is 35.4 Å². The summed E-state index contributed by atoms with van der Waals surface area (Å²) in [5.41, 5.74) is 4.31. The third kappa shape index (κ3) is 3.26. The highest BCUT2D eigenvalue weighted by molar-refractivity contribution is 7.80. The van der Waals surface area contributed by atoms with E-state index in [0.717, 1.165) is 53.9 Å². The van der Waals surface area contributed by atoms with Crippen LogP contribution in [-0.2, 0) is 4.74 Å². The average molecular weight is 369 g/mol. The maximum atomic E-state index is 6.17. The minimum atomic E-state index is 0.550. The molecule has 1 saturated heterocycles. The number of nitrogens with zero attached hydrogens (tertiary/aromatic N) is 2. The summed E-state index contributed by atoms with van der Waals surface area (Å²) in [5.74, 6) is 0. The molecule has 122 valence electrons. The standard InChI is InChI=1S/C17H18Cl2N2OS/c1-11-9-14(17(23)20-5-7-22-8-6-20)12(2)21(11)13-3-4-15(18)16(19)10-13/h3-4,9-10H,5-8H2,1-2H3. The van der Waals surface area contributed by atoms with Gasteiger partial charge in [0.05, 0.1) is 23.3 Å². The fourth-order valence-corrected chi connectivity index (χ4v) is 3.62. The first-order valence-corrected chi connectivity index (χ1v) is 8.67. The van der Waals surface area contributed by atoms with E-state index < -0.39 is 0 Å². The Morgan fingerprint density at radius 1 is 1.09 bits per heavy atom. The van der Waals surface area contributed by atoms with Crippen LogP contribution in [0.1, 0.15) is 17.0 Å². The van der Waals surface area contributed by atoms with Gasteiger partial charge in [-0.1, -0.05) is 35.4 Å². The first-order chi connectivity index (χ1) is 11.0. The smallest absolute Gasteiger partial charge is 0.111 e. The topological polar surface area (TPSA) is 17.4 Å². The summed E-state index contributed by atoms with van der Waals surface area (Å²) < 4.78 is 7.56. The lowest BCUT2D eigenvalue weighted by Gasteiger charge is -2.29. The molecule has 1 aromatic heterocycles. The summed E-state index contributed by atoms with van der Waals surface area (Å²) in [6, 6.07) is 7.80. The zero-order chi connectivity index (χ0) is 16.6. The van der Waals surface area contributed by atoms with Gasteiger partial charge in [0.1, 0.15) is 4.99 Å². The van der Waals surface area contributed by atoms with Crippen LogP contribution in [0.5, 0.6) is 0 Å². The molecule has 0 atom stereocenters. The predicted octanol–water partition coefficient (Wildman–Crippen LogP) is 4.41. The lowest BCUT2D eigenvalue weighted by Crippen LogP contribution is -2.40. The van der Waals surface area contributed by atoms with E-state index in [-0.39, 0.29) is 0 Å². The minimum Gasteiger partial charge on any atom is -0.378 e. The lowest BCUT2D eigenvalue weighted by atomic mass is 10.2. The summed E-state index contributed by atoms with van der Waals surface area (Å²) >= 11 is 17.9. The van der Waals surface area contributed by atoms with Crippen LogP contribution in [0.4, 0.5) is 0 Å². The zero-order valence-corrected chi connectivity index (χ0v) is 15.4. The van der Waals surface area contributed by atoms with Gasteiger partial charge in [0.25, 0.3) is 0 Å². The fourth-order valence-electron chi connectivity index (χ4n) is 2.94. The third-order valence-electron chi connectivity index (χ3n) is 4.12. The molecule has 3 nitrogen and oxygen atoms in total. The molecule has 2 aromatic rings. The minimum absolute atomic E-state index is 0.550. The highest BCUT2D eigenvalue weighted by Gasteiger charge is 2.20. The number of aromatic nitrogens is 1. The van der Waals surface area contributed by atoms with E-state index in [0.29, 0.717) is 10.0 Å². The summed E-state index contributed by atoms with van der Waals surface area (Å²) in [6.45, 7) is 7.29. The molecule has 0 aliphatic carbocycles. The van der Waals surface area contributed by atoms with Gasteiger partial charge in [-0.25, -0.2) is 0 Å². The molecule has 0 bridgehead atoms. The van der Waals surface area contributed by atoms with E-state index in [1.54, 1.807) is 0 Å². The van der Waals surface area contributed by atoms with Gasteiger partial charge < -0.3 is 14.2 Å². The van der Waals surface area contributed by atoms with Crippen molar-refractivity contribution < 1.29 is 4.74 Å². The van der Waals surface area contributed by atoms with Crippen LogP contribution in [0.3, 0.4) is 0 Å². The van der Waals surface area contributed by atoms with Gasteiger partial charge in [-0.3, -0.25) is 0 Å². The molecular weight excluding hydrogens is 351 g/mol. The number of hydrogen-bond acceptors (Lipinski definition) is 2. The van der Waals surface area contributed by atoms with Gasteiger partial charge in [0.15, 0.2) is 0 Å². The summed E-state index contributed by atoms with van der Waals surface area (Å²) in [7, 11) is 0. The van der Waals surface area contributed by atoms with Crippen molar-refractivity contribution in [3.8, 4) is 5.69 Å². The average Bonchev–Trinajstić information content (AvgIpc) is 2.85. The van der Waals surface area contributed by atoms with Crippen molar-refractivity contribution >= 4 is 40.4 Å². The van der Waals surface area contributed by atoms with Crippen LogP contribution in [0.2, 0.25) is 10.0 Å². The van der Waals surface area contributed by atoms with Crippen LogP contribution in [-0.4, -0.2) is 40.8 Å². The molecular formula is C17H18Cl2N2OS. The van der Waals surface area contributed by atoms with E-state index in [1.807, 2.05) is 18.2 Å².